The summed E-state index contributed by atoms with van der Waals surface area (Å²) in [5.74, 6) is 0. The molecule has 0 aromatic heterocycles. The molecule has 4 rings (SSSR count). The van der Waals surface area contributed by atoms with Gasteiger partial charge in [-0.1, -0.05) is 72.8 Å². The number of rotatable bonds is 5. The third kappa shape index (κ3) is 3.40. The second kappa shape index (κ2) is 8.17. The van der Waals surface area contributed by atoms with E-state index in [1.54, 1.807) is 0 Å². The smallest absolute Gasteiger partial charge is 0.170 e. The molecule has 0 aliphatic carbocycles. The van der Waals surface area contributed by atoms with E-state index in [1.165, 1.54) is 39.3 Å². The first-order valence-electron chi connectivity index (χ1n) is 10.5. The molecular weight excluding hydrogens is 364 g/mol. The normalized spacial score (nSPS) is 11.3. The fourth-order valence-corrected chi connectivity index (χ4v) is 4.27. The van der Waals surface area contributed by atoms with Crippen molar-refractivity contribution in [3.8, 4) is 0 Å². The maximum absolute atomic E-state index is 3.97. The molecule has 0 bridgehead atoms. The summed E-state index contributed by atoms with van der Waals surface area (Å²) in [6, 6.07) is 34.5. The summed E-state index contributed by atoms with van der Waals surface area (Å²) in [5.41, 5.74) is 13.7. The van der Waals surface area contributed by atoms with E-state index in [1.807, 2.05) is 0 Å². The molecule has 0 radical (unpaired) electrons. The molecule has 1 N–H and O–H groups in total. The Morgan fingerprint density at radius 3 is 1.13 bits per heavy atom. The molecule has 0 atom stereocenters. The highest BCUT2D eigenvalue weighted by atomic mass is 15.7. The number of anilines is 1. The molecule has 4 aromatic carbocycles. The van der Waals surface area contributed by atoms with Crippen LogP contribution >= 0.6 is 0 Å². The van der Waals surface area contributed by atoms with Gasteiger partial charge in [0.25, 0.3) is 0 Å². The number of nitrogens with one attached hydrogen (secondary N) is 1. The number of nitrogens with zero attached hydrogens (tertiary/aromatic N) is 1. The van der Waals surface area contributed by atoms with E-state index in [0.29, 0.717) is 4.59 Å². The van der Waals surface area contributed by atoms with E-state index in [2.05, 4.69) is 130 Å². The first-order valence-corrected chi connectivity index (χ1v) is 10.5. The van der Waals surface area contributed by atoms with Gasteiger partial charge >= 0.3 is 0 Å². The third-order valence-electron chi connectivity index (χ3n) is 5.86. The molecule has 30 heavy (non-hydrogen) atoms. The lowest BCUT2D eigenvalue weighted by molar-refractivity contribution is 0.603. The van der Waals surface area contributed by atoms with E-state index in [4.69, 9.17) is 0 Å². The monoisotopic (exact) mass is 393 g/mol. The molecule has 0 unspecified atom stereocenters. The van der Waals surface area contributed by atoms with Crippen LogP contribution in [-0.2, 0) is 0 Å². The zero-order chi connectivity index (χ0) is 21.1. The van der Waals surface area contributed by atoms with Gasteiger partial charge in [0.2, 0.25) is 0 Å². The van der Waals surface area contributed by atoms with Gasteiger partial charge in [-0.2, -0.15) is 0 Å². The van der Waals surface area contributed by atoms with Crippen molar-refractivity contribution in [2.45, 2.75) is 27.7 Å². The fraction of sp³-hybridized carbons (Fsp3) is 0.143. The highest BCUT2D eigenvalue weighted by Gasteiger charge is 2.41. The summed E-state index contributed by atoms with van der Waals surface area (Å²) in [5, 5.41) is 0. The molecule has 0 aliphatic rings. The van der Waals surface area contributed by atoms with E-state index in [9.17, 15) is 0 Å². The second-order valence-electron chi connectivity index (χ2n) is 7.96. The first kappa shape index (κ1) is 19.9. The van der Waals surface area contributed by atoms with Crippen molar-refractivity contribution in [3.63, 3.8) is 0 Å². The molecule has 0 heterocycles. The van der Waals surface area contributed by atoms with Crippen molar-refractivity contribution in [1.82, 2.24) is 4.59 Å². The van der Waals surface area contributed by atoms with Crippen LogP contribution in [0.1, 0.15) is 22.3 Å². The fourth-order valence-electron chi connectivity index (χ4n) is 4.27. The van der Waals surface area contributed by atoms with Crippen LogP contribution in [0.4, 0.5) is 22.7 Å². The quantitative estimate of drug-likeness (QED) is 0.268. The summed E-state index contributed by atoms with van der Waals surface area (Å²) in [4.78, 5) is 0. The number of hydrogen-bond donors (Lipinski definition) is 1. The number of aryl methyl sites for hydroxylation is 4. The van der Waals surface area contributed by atoms with Gasteiger partial charge in [0.15, 0.2) is 17.1 Å². The Morgan fingerprint density at radius 2 is 0.767 bits per heavy atom. The van der Waals surface area contributed by atoms with Crippen LogP contribution in [0, 0.1) is 27.7 Å². The van der Waals surface area contributed by atoms with Crippen LogP contribution in [-0.4, -0.2) is 0 Å². The standard InChI is InChI=1S/C28H29N2/c1-21-13-5-9-17-25(21)29-30(26-18-10-6-14-22(26)2,27-19-11-7-15-23(27)3)28-20-12-8-16-24(28)4/h5-20,29H,1-4H3/q+1. The Kier molecular flexibility index (Phi) is 5.43. The van der Waals surface area contributed by atoms with Gasteiger partial charge < -0.3 is 0 Å². The Bertz CT molecular complexity index is 1070. The maximum atomic E-state index is 3.97. The number of benzene rings is 4. The molecular formula is C28H29N2+. The van der Waals surface area contributed by atoms with Crippen LogP contribution in [0.3, 0.4) is 0 Å². The lowest BCUT2D eigenvalue weighted by Gasteiger charge is -2.40. The van der Waals surface area contributed by atoms with Crippen LogP contribution in [0.5, 0.6) is 0 Å². The zero-order valence-electron chi connectivity index (χ0n) is 18.2. The minimum atomic E-state index is 0.427. The summed E-state index contributed by atoms with van der Waals surface area (Å²) in [6.07, 6.45) is 0. The van der Waals surface area contributed by atoms with Gasteiger partial charge in [0.1, 0.15) is 0 Å². The van der Waals surface area contributed by atoms with Gasteiger partial charge in [-0.05, 0) is 39.3 Å². The number of quaternary nitrogens is 1. The van der Waals surface area contributed by atoms with E-state index in [0.717, 1.165) is 5.69 Å². The first-order chi connectivity index (χ1) is 14.5. The molecule has 2 heteroatoms. The molecule has 0 spiro atoms. The van der Waals surface area contributed by atoms with E-state index >= 15 is 0 Å². The Balaban J connectivity index is 2.14. The Labute approximate surface area is 180 Å². The molecule has 0 saturated carbocycles. The molecule has 2 nitrogen and oxygen atoms in total. The SMILES string of the molecule is Cc1ccccc1N[N+](c1ccccc1C)(c1ccccc1C)c1ccccc1C. The second-order valence-corrected chi connectivity index (χ2v) is 7.96. The Hall–Kier alpha value is -3.36. The van der Waals surface area contributed by atoms with Crippen LogP contribution in [0.2, 0.25) is 0 Å². The van der Waals surface area contributed by atoms with Crippen molar-refractivity contribution in [2.75, 3.05) is 5.43 Å². The largest absolute Gasteiger partial charge is 0.221 e. The Morgan fingerprint density at radius 1 is 0.433 bits per heavy atom. The summed E-state index contributed by atoms with van der Waals surface area (Å²) in [7, 11) is 0. The van der Waals surface area contributed by atoms with E-state index < -0.39 is 0 Å². The predicted molar refractivity (Wildman–Crippen MR) is 129 cm³/mol. The predicted octanol–water partition coefficient (Wildman–Crippen LogP) is 7.92. The van der Waals surface area contributed by atoms with Gasteiger partial charge in [0, 0.05) is 34.9 Å². The van der Waals surface area contributed by atoms with Crippen molar-refractivity contribution < 1.29 is 0 Å². The summed E-state index contributed by atoms with van der Waals surface area (Å²) < 4.78 is 0.427. The molecule has 0 saturated heterocycles. The van der Waals surface area contributed by atoms with Gasteiger partial charge in [-0.25, -0.2) is 5.43 Å². The number of para-hydroxylation sites is 4. The highest BCUT2D eigenvalue weighted by molar-refractivity contribution is 5.79. The van der Waals surface area contributed by atoms with Crippen molar-refractivity contribution in [2.24, 2.45) is 0 Å². The summed E-state index contributed by atoms with van der Waals surface area (Å²) >= 11 is 0. The highest BCUT2D eigenvalue weighted by Crippen LogP contribution is 2.48. The van der Waals surface area contributed by atoms with Crippen molar-refractivity contribution in [3.05, 3.63) is 119 Å². The van der Waals surface area contributed by atoms with Crippen molar-refractivity contribution >= 4 is 22.7 Å². The molecule has 150 valence electrons. The van der Waals surface area contributed by atoms with Crippen LogP contribution < -0.4 is 10.0 Å². The van der Waals surface area contributed by atoms with E-state index in [-0.39, 0.29) is 0 Å². The minimum Gasteiger partial charge on any atom is -0.221 e. The average Bonchev–Trinajstić information content (AvgIpc) is 2.75. The minimum absolute atomic E-state index is 0.427. The third-order valence-corrected chi connectivity index (χ3v) is 5.86. The number of hydrogen-bond acceptors (Lipinski definition) is 1. The molecule has 0 amide bonds. The molecule has 0 fully saturated rings. The zero-order valence-corrected chi connectivity index (χ0v) is 18.2. The average molecular weight is 394 g/mol. The van der Waals surface area contributed by atoms with Gasteiger partial charge in [-0.15, -0.1) is 4.59 Å². The van der Waals surface area contributed by atoms with Crippen molar-refractivity contribution in [1.29, 1.82) is 0 Å². The maximum Gasteiger partial charge on any atom is 0.170 e. The topological polar surface area (TPSA) is 12.0 Å². The van der Waals surface area contributed by atoms with Crippen LogP contribution in [0.25, 0.3) is 0 Å². The summed E-state index contributed by atoms with van der Waals surface area (Å²) in [6.45, 7) is 8.74. The van der Waals surface area contributed by atoms with Crippen LogP contribution in [0.15, 0.2) is 97.1 Å². The van der Waals surface area contributed by atoms with Gasteiger partial charge in [-0.3, -0.25) is 0 Å². The molecule has 0 aliphatic heterocycles. The molecule has 4 aromatic rings. The lowest BCUT2D eigenvalue weighted by atomic mass is 10.0. The van der Waals surface area contributed by atoms with Gasteiger partial charge in [0.05, 0.1) is 5.69 Å². The lowest BCUT2D eigenvalue weighted by Crippen LogP contribution is -2.46.